The minimum Gasteiger partial charge on any atom is -0.400 e. The quantitative estimate of drug-likeness (QED) is 0.365. The average Bonchev–Trinajstić information content (AvgIpc) is 2.02. The first-order valence-electron chi connectivity index (χ1n) is 3.69. The van der Waals surface area contributed by atoms with Crippen LogP contribution in [-0.2, 0) is 0 Å². The molecule has 0 heterocycles. The molecule has 0 aromatic carbocycles. The first-order chi connectivity index (χ1) is 5.20. The largest absolute Gasteiger partial charge is 0.400 e. The van der Waals surface area contributed by atoms with E-state index in [4.69, 9.17) is 20.4 Å². The molecule has 1 fully saturated rings. The second kappa shape index (κ2) is 5.49. The van der Waals surface area contributed by atoms with Gasteiger partial charge in [-0.25, -0.2) is 0 Å². The third-order valence-electron chi connectivity index (χ3n) is 1.75. The van der Waals surface area contributed by atoms with Crippen molar-refractivity contribution >= 4 is 0 Å². The van der Waals surface area contributed by atoms with Crippen molar-refractivity contribution in [1.29, 1.82) is 0 Å². The molecular weight excluding hydrogens is 148 g/mol. The summed E-state index contributed by atoms with van der Waals surface area (Å²) in [5.74, 6) is 0. The Balaban J connectivity index is 0.000000461. The molecule has 0 bridgehead atoms. The van der Waals surface area contributed by atoms with E-state index in [2.05, 4.69) is 0 Å². The predicted molar refractivity (Wildman–Crippen MR) is 40.0 cm³/mol. The highest BCUT2D eigenvalue weighted by molar-refractivity contribution is 4.77. The van der Waals surface area contributed by atoms with Crippen LogP contribution < -0.4 is 0 Å². The number of rotatable bonds is 0. The van der Waals surface area contributed by atoms with Crippen LogP contribution >= 0.6 is 0 Å². The fourth-order valence-electron chi connectivity index (χ4n) is 1.11. The highest BCUT2D eigenvalue weighted by Crippen LogP contribution is 2.18. The lowest BCUT2D eigenvalue weighted by atomic mass is 9.93. The number of hydrogen-bond acceptors (Lipinski definition) is 4. The molecule has 11 heavy (non-hydrogen) atoms. The molecule has 68 valence electrons. The third kappa shape index (κ3) is 3.67. The van der Waals surface area contributed by atoms with Crippen molar-refractivity contribution in [2.45, 2.75) is 37.6 Å². The first kappa shape index (κ1) is 10.8. The molecule has 0 amide bonds. The van der Waals surface area contributed by atoms with Crippen molar-refractivity contribution in [3.63, 3.8) is 0 Å². The molecular formula is C7H16O4. The van der Waals surface area contributed by atoms with Crippen LogP contribution in [0.4, 0.5) is 0 Å². The summed E-state index contributed by atoms with van der Waals surface area (Å²) in [6, 6.07) is 0. The Bertz CT molecular complexity index is 96.4. The highest BCUT2D eigenvalue weighted by atomic mass is 16.3. The monoisotopic (exact) mass is 164 g/mol. The molecule has 1 rings (SSSR count). The van der Waals surface area contributed by atoms with Gasteiger partial charge in [0.25, 0.3) is 0 Å². The number of hydrogen-bond donors (Lipinski definition) is 4. The molecule has 0 spiro atoms. The van der Waals surface area contributed by atoms with Gasteiger partial charge in [0, 0.05) is 13.5 Å². The molecule has 1 saturated carbocycles. The lowest BCUT2D eigenvalue weighted by Gasteiger charge is -2.26. The first-order valence-corrected chi connectivity index (χ1v) is 3.69. The van der Waals surface area contributed by atoms with Gasteiger partial charge in [-0.15, -0.1) is 0 Å². The molecule has 1 aliphatic rings. The summed E-state index contributed by atoms with van der Waals surface area (Å²) in [7, 11) is 1.00. The minimum atomic E-state index is -0.714. The van der Waals surface area contributed by atoms with E-state index in [0.717, 1.165) is 7.11 Å². The van der Waals surface area contributed by atoms with Gasteiger partial charge in [0.05, 0.1) is 18.3 Å². The SMILES string of the molecule is CO.OC1CCC(O)C(O)C1. The van der Waals surface area contributed by atoms with Crippen molar-refractivity contribution in [1.82, 2.24) is 0 Å². The summed E-state index contributed by atoms with van der Waals surface area (Å²) in [5.41, 5.74) is 0. The van der Waals surface area contributed by atoms with Gasteiger partial charge in [-0.3, -0.25) is 0 Å². The molecule has 0 aliphatic heterocycles. The standard InChI is InChI=1S/C6H12O3.CH4O/c7-4-1-2-5(8)6(9)3-4;1-2/h4-9H,1-3H2;2H,1H3. The Labute approximate surface area is 66.1 Å². The van der Waals surface area contributed by atoms with Crippen LogP contribution in [0.25, 0.3) is 0 Å². The van der Waals surface area contributed by atoms with Crippen molar-refractivity contribution < 1.29 is 20.4 Å². The van der Waals surface area contributed by atoms with Crippen molar-refractivity contribution in [2.75, 3.05) is 7.11 Å². The maximum absolute atomic E-state index is 8.94. The van der Waals surface area contributed by atoms with Gasteiger partial charge >= 0.3 is 0 Å². The summed E-state index contributed by atoms with van der Waals surface area (Å²) in [5, 5.41) is 33.8. The van der Waals surface area contributed by atoms with E-state index in [-0.39, 0.29) is 0 Å². The van der Waals surface area contributed by atoms with E-state index in [0.29, 0.717) is 19.3 Å². The van der Waals surface area contributed by atoms with E-state index in [1.54, 1.807) is 0 Å². The van der Waals surface area contributed by atoms with E-state index < -0.39 is 18.3 Å². The van der Waals surface area contributed by atoms with Crippen LogP contribution in [0.5, 0.6) is 0 Å². The predicted octanol–water partition coefficient (Wildman–Crippen LogP) is -1.14. The summed E-state index contributed by atoms with van der Waals surface area (Å²) in [4.78, 5) is 0. The van der Waals surface area contributed by atoms with Gasteiger partial charge in [-0.1, -0.05) is 0 Å². The Morgan fingerprint density at radius 2 is 1.45 bits per heavy atom. The normalized spacial score (nSPS) is 37.4. The molecule has 4 nitrogen and oxygen atoms in total. The second-order valence-electron chi connectivity index (χ2n) is 2.60. The summed E-state index contributed by atoms with van der Waals surface area (Å²) >= 11 is 0. The molecule has 0 aromatic rings. The van der Waals surface area contributed by atoms with Crippen molar-refractivity contribution in [3.05, 3.63) is 0 Å². The summed E-state index contributed by atoms with van der Waals surface area (Å²) in [6.07, 6.45) is -0.299. The van der Waals surface area contributed by atoms with Gasteiger partial charge in [-0.05, 0) is 12.8 Å². The number of aliphatic hydroxyl groups is 4. The van der Waals surface area contributed by atoms with Crippen LogP contribution in [0.15, 0.2) is 0 Å². The highest BCUT2D eigenvalue weighted by Gasteiger charge is 2.25. The van der Waals surface area contributed by atoms with Crippen LogP contribution in [0.2, 0.25) is 0 Å². The maximum atomic E-state index is 8.94. The minimum absolute atomic E-state index is 0.321. The lowest BCUT2D eigenvalue weighted by Crippen LogP contribution is -2.35. The Morgan fingerprint density at radius 3 is 1.82 bits per heavy atom. The molecule has 0 aromatic heterocycles. The second-order valence-corrected chi connectivity index (χ2v) is 2.60. The van der Waals surface area contributed by atoms with Gasteiger partial charge in [-0.2, -0.15) is 0 Å². The van der Waals surface area contributed by atoms with E-state index in [1.807, 2.05) is 0 Å². The van der Waals surface area contributed by atoms with E-state index >= 15 is 0 Å². The van der Waals surface area contributed by atoms with Crippen molar-refractivity contribution in [3.8, 4) is 0 Å². The van der Waals surface area contributed by atoms with Gasteiger partial charge < -0.3 is 20.4 Å². The summed E-state index contributed by atoms with van der Waals surface area (Å²) < 4.78 is 0. The van der Waals surface area contributed by atoms with Crippen molar-refractivity contribution in [2.24, 2.45) is 0 Å². The molecule has 4 N–H and O–H groups in total. The average molecular weight is 164 g/mol. The topological polar surface area (TPSA) is 80.9 Å². The molecule has 0 radical (unpaired) electrons. The lowest BCUT2D eigenvalue weighted by molar-refractivity contribution is -0.0494. The third-order valence-corrected chi connectivity index (χ3v) is 1.75. The van der Waals surface area contributed by atoms with Crippen LogP contribution in [0, 0.1) is 0 Å². The van der Waals surface area contributed by atoms with Crippen LogP contribution in [0.3, 0.4) is 0 Å². The molecule has 3 unspecified atom stereocenters. The smallest absolute Gasteiger partial charge is 0.0823 e. The zero-order valence-corrected chi connectivity index (χ0v) is 6.64. The fourth-order valence-corrected chi connectivity index (χ4v) is 1.11. The Kier molecular flexibility index (Phi) is 5.41. The maximum Gasteiger partial charge on any atom is 0.0823 e. The van der Waals surface area contributed by atoms with E-state index in [9.17, 15) is 0 Å². The van der Waals surface area contributed by atoms with Gasteiger partial charge in [0.15, 0.2) is 0 Å². The summed E-state index contributed by atoms with van der Waals surface area (Å²) in [6.45, 7) is 0. The van der Waals surface area contributed by atoms with Crippen LogP contribution in [0.1, 0.15) is 19.3 Å². The molecule has 0 saturated heterocycles. The Morgan fingerprint density at radius 1 is 0.909 bits per heavy atom. The fraction of sp³-hybridized carbons (Fsp3) is 1.00. The van der Waals surface area contributed by atoms with Gasteiger partial charge in [0.2, 0.25) is 0 Å². The molecule has 4 heteroatoms. The van der Waals surface area contributed by atoms with E-state index in [1.165, 1.54) is 0 Å². The zero-order chi connectivity index (χ0) is 8.85. The Hall–Kier alpha value is -0.160. The molecule has 1 aliphatic carbocycles. The van der Waals surface area contributed by atoms with Crippen LogP contribution in [-0.4, -0.2) is 45.8 Å². The number of aliphatic hydroxyl groups excluding tert-OH is 4. The van der Waals surface area contributed by atoms with Gasteiger partial charge in [0.1, 0.15) is 0 Å². The molecule has 3 atom stereocenters. The zero-order valence-electron chi connectivity index (χ0n) is 6.64.